The summed E-state index contributed by atoms with van der Waals surface area (Å²) in [5.74, 6) is 0.576. The zero-order valence-electron chi connectivity index (χ0n) is 18.9. The Labute approximate surface area is 197 Å². The van der Waals surface area contributed by atoms with Gasteiger partial charge in [0.1, 0.15) is 5.75 Å². The van der Waals surface area contributed by atoms with Gasteiger partial charge in [-0.25, -0.2) is 8.42 Å². The zero-order valence-corrected chi connectivity index (χ0v) is 20.5. The van der Waals surface area contributed by atoms with Gasteiger partial charge in [-0.3, -0.25) is 14.2 Å². The normalized spacial score (nSPS) is 15.3. The monoisotopic (exact) mass is 489 g/mol. The maximum absolute atomic E-state index is 13.2. The molecule has 1 aliphatic heterocycles. The van der Waals surface area contributed by atoms with Crippen molar-refractivity contribution >= 4 is 37.5 Å². The van der Waals surface area contributed by atoms with E-state index >= 15 is 0 Å². The molecule has 1 amide bonds. The number of hydrogen-bond donors (Lipinski definition) is 0. The number of piperazine rings is 1. The minimum absolute atomic E-state index is 0.00491. The maximum atomic E-state index is 13.2. The molecule has 33 heavy (non-hydrogen) atoms. The lowest BCUT2D eigenvalue weighted by Crippen LogP contribution is -2.50. The Morgan fingerprint density at radius 1 is 1.06 bits per heavy atom. The highest BCUT2D eigenvalue weighted by molar-refractivity contribution is 7.89. The van der Waals surface area contributed by atoms with E-state index in [0.29, 0.717) is 35.7 Å². The third-order valence-electron chi connectivity index (χ3n) is 5.68. The highest BCUT2D eigenvalue weighted by atomic mass is 32.2. The predicted octanol–water partition coefficient (Wildman–Crippen LogP) is 3.19. The van der Waals surface area contributed by atoms with Gasteiger partial charge in [0, 0.05) is 37.8 Å². The molecule has 4 rings (SSSR count). The van der Waals surface area contributed by atoms with Crippen LogP contribution in [-0.4, -0.2) is 60.9 Å². The molecule has 1 aromatic heterocycles. The highest BCUT2D eigenvalue weighted by Gasteiger charge is 2.31. The predicted molar refractivity (Wildman–Crippen MR) is 129 cm³/mol. The molecule has 1 aliphatic rings. The number of rotatable bonds is 6. The average Bonchev–Trinajstić information content (AvgIpc) is 3.14. The van der Waals surface area contributed by atoms with Gasteiger partial charge >= 0.3 is 4.87 Å². The summed E-state index contributed by atoms with van der Waals surface area (Å²) in [4.78, 5) is 26.8. The molecule has 1 fully saturated rings. The van der Waals surface area contributed by atoms with Crippen molar-refractivity contribution in [1.82, 2.24) is 13.8 Å². The van der Waals surface area contributed by atoms with E-state index in [-0.39, 0.29) is 34.8 Å². The summed E-state index contributed by atoms with van der Waals surface area (Å²) in [5, 5.41) is 0. The van der Waals surface area contributed by atoms with Crippen molar-refractivity contribution in [3.05, 3.63) is 57.7 Å². The quantitative estimate of drug-likeness (QED) is 0.531. The molecule has 0 unspecified atom stereocenters. The molecule has 2 heterocycles. The van der Waals surface area contributed by atoms with Gasteiger partial charge in [0.25, 0.3) is 5.91 Å². The summed E-state index contributed by atoms with van der Waals surface area (Å²) in [6.45, 7) is 7.35. The zero-order chi connectivity index (χ0) is 23.8. The van der Waals surface area contributed by atoms with Crippen molar-refractivity contribution < 1.29 is 17.9 Å². The summed E-state index contributed by atoms with van der Waals surface area (Å²) in [6.07, 6.45) is 0. The van der Waals surface area contributed by atoms with E-state index < -0.39 is 10.0 Å². The van der Waals surface area contributed by atoms with E-state index in [1.54, 1.807) is 51.9 Å². The molecule has 176 valence electrons. The standard InChI is InChI=1S/C23H27N3O5S2/c1-4-31-18-7-5-17(6-8-18)22(27)24-11-13-25(14-12-24)33(29,30)19-9-10-20-21(15-19)32-23(28)26(20)16(2)3/h5-10,15-16H,4,11-14H2,1-3H3. The number of benzene rings is 2. The second-order valence-electron chi connectivity index (χ2n) is 8.11. The van der Waals surface area contributed by atoms with Gasteiger partial charge in [0.15, 0.2) is 0 Å². The number of sulfonamides is 1. The number of carbonyl (C=O) groups excluding carboxylic acids is 1. The van der Waals surface area contributed by atoms with E-state index in [9.17, 15) is 18.0 Å². The van der Waals surface area contributed by atoms with Crippen LogP contribution in [-0.2, 0) is 10.0 Å². The number of amides is 1. The molecule has 0 N–H and O–H groups in total. The van der Waals surface area contributed by atoms with Crippen molar-refractivity contribution in [2.75, 3.05) is 32.8 Å². The van der Waals surface area contributed by atoms with E-state index in [2.05, 4.69) is 0 Å². The van der Waals surface area contributed by atoms with Crippen molar-refractivity contribution in [1.29, 1.82) is 0 Å². The summed E-state index contributed by atoms with van der Waals surface area (Å²) in [5.41, 5.74) is 1.29. The molecule has 0 aliphatic carbocycles. The molecule has 0 bridgehead atoms. The number of aromatic nitrogens is 1. The van der Waals surface area contributed by atoms with Gasteiger partial charge in [-0.2, -0.15) is 4.31 Å². The van der Waals surface area contributed by atoms with Gasteiger partial charge in [0.05, 0.1) is 21.7 Å². The molecule has 0 spiro atoms. The second-order valence-corrected chi connectivity index (χ2v) is 11.0. The molecule has 2 aromatic carbocycles. The van der Waals surface area contributed by atoms with Crippen LogP contribution in [0.3, 0.4) is 0 Å². The minimum atomic E-state index is -3.73. The largest absolute Gasteiger partial charge is 0.494 e. The Hall–Kier alpha value is -2.69. The van der Waals surface area contributed by atoms with Gasteiger partial charge in [0.2, 0.25) is 10.0 Å². The lowest BCUT2D eigenvalue weighted by Gasteiger charge is -2.34. The number of ether oxygens (including phenoxy) is 1. The topological polar surface area (TPSA) is 88.9 Å². The Morgan fingerprint density at radius 2 is 1.73 bits per heavy atom. The smallest absolute Gasteiger partial charge is 0.308 e. The lowest BCUT2D eigenvalue weighted by molar-refractivity contribution is 0.0698. The highest BCUT2D eigenvalue weighted by Crippen LogP contribution is 2.26. The molecule has 0 radical (unpaired) electrons. The number of carbonyl (C=O) groups is 1. The fourth-order valence-electron chi connectivity index (χ4n) is 3.99. The first-order chi connectivity index (χ1) is 15.7. The van der Waals surface area contributed by atoms with Crippen LogP contribution in [0.4, 0.5) is 0 Å². The maximum Gasteiger partial charge on any atom is 0.308 e. The third-order valence-corrected chi connectivity index (χ3v) is 8.49. The number of hydrogen-bond acceptors (Lipinski definition) is 6. The van der Waals surface area contributed by atoms with Crippen LogP contribution >= 0.6 is 11.3 Å². The number of fused-ring (bicyclic) bond motifs is 1. The molecular formula is C23H27N3O5S2. The summed E-state index contributed by atoms with van der Waals surface area (Å²) in [6, 6.07) is 11.8. The molecule has 10 heteroatoms. The Bertz CT molecular complexity index is 1320. The average molecular weight is 490 g/mol. The van der Waals surface area contributed by atoms with Crippen molar-refractivity contribution in [2.45, 2.75) is 31.7 Å². The summed E-state index contributed by atoms with van der Waals surface area (Å²) >= 11 is 1.05. The summed E-state index contributed by atoms with van der Waals surface area (Å²) in [7, 11) is -3.73. The van der Waals surface area contributed by atoms with E-state index in [1.165, 1.54) is 4.31 Å². The Kier molecular flexibility index (Phi) is 6.60. The lowest BCUT2D eigenvalue weighted by atomic mass is 10.2. The first-order valence-electron chi connectivity index (χ1n) is 10.9. The molecular weight excluding hydrogens is 462 g/mol. The van der Waals surface area contributed by atoms with Gasteiger partial charge in [-0.1, -0.05) is 11.3 Å². The number of nitrogens with zero attached hydrogens (tertiary/aromatic N) is 3. The Balaban J connectivity index is 1.47. The van der Waals surface area contributed by atoms with Crippen LogP contribution in [0.15, 0.2) is 52.2 Å². The van der Waals surface area contributed by atoms with Gasteiger partial charge < -0.3 is 9.64 Å². The molecule has 0 saturated carbocycles. The van der Waals surface area contributed by atoms with E-state index in [4.69, 9.17) is 4.74 Å². The van der Waals surface area contributed by atoms with E-state index in [1.807, 2.05) is 20.8 Å². The van der Waals surface area contributed by atoms with Crippen LogP contribution in [0.1, 0.15) is 37.2 Å². The fraction of sp³-hybridized carbons (Fsp3) is 0.391. The van der Waals surface area contributed by atoms with Crippen molar-refractivity contribution in [3.63, 3.8) is 0 Å². The van der Waals surface area contributed by atoms with Crippen molar-refractivity contribution in [3.8, 4) is 5.75 Å². The van der Waals surface area contributed by atoms with Crippen LogP contribution in [0.2, 0.25) is 0 Å². The first kappa shape index (κ1) is 23.5. The van der Waals surface area contributed by atoms with Crippen LogP contribution in [0.25, 0.3) is 10.2 Å². The second kappa shape index (κ2) is 9.28. The SMILES string of the molecule is CCOc1ccc(C(=O)N2CCN(S(=O)(=O)c3ccc4c(c3)sc(=O)n4C(C)C)CC2)cc1. The fourth-order valence-corrected chi connectivity index (χ4v) is 6.57. The molecule has 3 aromatic rings. The number of thiazole rings is 1. The van der Waals surface area contributed by atoms with Crippen LogP contribution < -0.4 is 9.61 Å². The van der Waals surface area contributed by atoms with Crippen molar-refractivity contribution in [2.24, 2.45) is 0 Å². The van der Waals surface area contributed by atoms with Gasteiger partial charge in [-0.05, 0) is 63.2 Å². The summed E-state index contributed by atoms with van der Waals surface area (Å²) < 4.78 is 35.6. The Morgan fingerprint density at radius 3 is 2.33 bits per heavy atom. The minimum Gasteiger partial charge on any atom is -0.494 e. The van der Waals surface area contributed by atoms with Crippen LogP contribution in [0.5, 0.6) is 5.75 Å². The first-order valence-corrected chi connectivity index (χ1v) is 13.2. The molecule has 8 nitrogen and oxygen atoms in total. The van der Waals surface area contributed by atoms with Crippen LogP contribution in [0, 0.1) is 0 Å². The molecule has 1 saturated heterocycles. The molecule has 0 atom stereocenters. The third kappa shape index (κ3) is 4.55. The van der Waals surface area contributed by atoms with Gasteiger partial charge in [-0.15, -0.1) is 0 Å². The van der Waals surface area contributed by atoms with E-state index in [0.717, 1.165) is 16.9 Å².